The molecule has 0 aliphatic carbocycles. The average molecular weight is 357 g/mol. The molecule has 3 aromatic carbocycles. The molecule has 2 heteroatoms. The van der Waals surface area contributed by atoms with Gasteiger partial charge in [-0.05, 0) is 62.1 Å². The second-order valence-corrected chi connectivity index (χ2v) is 6.98. The molecule has 0 aliphatic rings. The Bertz CT molecular complexity index is 928. The van der Waals surface area contributed by atoms with Gasteiger partial charge in [0, 0.05) is 17.3 Å². The molecule has 0 radical (unpaired) electrons. The topological polar surface area (TPSA) is 21.6 Å². The average Bonchev–Trinajstić information content (AvgIpc) is 2.69. The third-order valence-corrected chi connectivity index (χ3v) is 4.70. The Hall–Kier alpha value is -2.87. The number of hydrogen-bond donors (Lipinski definition) is 0. The lowest BCUT2D eigenvalue weighted by atomic mass is 9.98. The van der Waals surface area contributed by atoms with Gasteiger partial charge in [-0.3, -0.25) is 4.99 Å². The molecule has 0 amide bonds. The van der Waals surface area contributed by atoms with E-state index in [1.54, 1.807) is 0 Å². The molecule has 3 rings (SSSR count). The summed E-state index contributed by atoms with van der Waals surface area (Å²) >= 11 is 0. The molecular formula is C25H27NO. The monoisotopic (exact) mass is 357 g/mol. The summed E-state index contributed by atoms with van der Waals surface area (Å²) in [6, 6.07) is 22.9. The van der Waals surface area contributed by atoms with Gasteiger partial charge >= 0.3 is 0 Å². The van der Waals surface area contributed by atoms with Crippen LogP contribution in [0, 0.1) is 13.8 Å². The fourth-order valence-electron chi connectivity index (χ4n) is 2.99. The summed E-state index contributed by atoms with van der Waals surface area (Å²) in [5.41, 5.74) is 6.62. The molecule has 0 spiro atoms. The van der Waals surface area contributed by atoms with E-state index in [2.05, 4.69) is 70.2 Å². The van der Waals surface area contributed by atoms with Gasteiger partial charge in [0.1, 0.15) is 5.75 Å². The first kappa shape index (κ1) is 18.9. The predicted molar refractivity (Wildman–Crippen MR) is 115 cm³/mol. The summed E-state index contributed by atoms with van der Waals surface area (Å²) in [6.07, 6.45) is 3.02. The molecule has 0 aliphatic heterocycles. The molecule has 1 atom stereocenters. The van der Waals surface area contributed by atoms with E-state index in [-0.39, 0.29) is 6.10 Å². The predicted octanol–water partition coefficient (Wildman–Crippen LogP) is 6.90. The van der Waals surface area contributed by atoms with Crippen LogP contribution in [-0.4, -0.2) is 12.3 Å². The third-order valence-electron chi connectivity index (χ3n) is 4.70. The van der Waals surface area contributed by atoms with Crippen molar-refractivity contribution in [2.45, 2.75) is 40.2 Å². The van der Waals surface area contributed by atoms with Crippen molar-refractivity contribution in [2.75, 3.05) is 0 Å². The minimum absolute atomic E-state index is 0.140. The quantitative estimate of drug-likeness (QED) is 0.440. The van der Waals surface area contributed by atoms with Gasteiger partial charge in [-0.25, -0.2) is 0 Å². The number of hydrogen-bond acceptors (Lipinski definition) is 2. The van der Waals surface area contributed by atoms with Gasteiger partial charge < -0.3 is 4.74 Å². The lowest BCUT2D eigenvalue weighted by Crippen LogP contribution is -2.12. The Morgan fingerprint density at radius 3 is 2.37 bits per heavy atom. The van der Waals surface area contributed by atoms with E-state index in [4.69, 9.17) is 9.73 Å². The minimum atomic E-state index is 0.140. The maximum absolute atomic E-state index is 6.36. The zero-order chi connectivity index (χ0) is 19.2. The molecule has 0 aromatic heterocycles. The van der Waals surface area contributed by atoms with E-state index in [0.717, 1.165) is 40.1 Å². The van der Waals surface area contributed by atoms with Crippen LogP contribution < -0.4 is 4.74 Å². The van der Waals surface area contributed by atoms with E-state index in [0.29, 0.717) is 0 Å². The molecule has 2 nitrogen and oxygen atoms in total. The van der Waals surface area contributed by atoms with E-state index in [1.807, 2.05) is 30.5 Å². The highest BCUT2D eigenvalue weighted by atomic mass is 16.5. The summed E-state index contributed by atoms with van der Waals surface area (Å²) in [5, 5.41) is 0. The number of benzene rings is 3. The van der Waals surface area contributed by atoms with Crippen molar-refractivity contribution in [3.8, 4) is 16.9 Å². The molecule has 0 heterocycles. The van der Waals surface area contributed by atoms with Crippen LogP contribution in [0.1, 0.15) is 37.0 Å². The Morgan fingerprint density at radius 1 is 0.963 bits per heavy atom. The molecule has 0 bridgehead atoms. The molecule has 0 fully saturated rings. The van der Waals surface area contributed by atoms with E-state index < -0.39 is 0 Å². The SMILES string of the molecule is CCC(C)Oc1c(C=Nc2ccccc2C)cc(C)cc1-c1ccccc1. The first-order chi connectivity index (χ1) is 13.1. The van der Waals surface area contributed by atoms with Crippen molar-refractivity contribution in [1.82, 2.24) is 0 Å². The number of aryl methyl sites for hydroxylation is 2. The second kappa shape index (κ2) is 8.68. The van der Waals surface area contributed by atoms with Gasteiger partial charge in [0.2, 0.25) is 0 Å². The Labute approximate surface area is 162 Å². The van der Waals surface area contributed by atoms with Gasteiger partial charge in [0.05, 0.1) is 11.8 Å². The highest BCUT2D eigenvalue weighted by Crippen LogP contribution is 2.35. The summed E-state index contributed by atoms with van der Waals surface area (Å²) in [4.78, 5) is 4.74. The largest absolute Gasteiger partial charge is 0.489 e. The Morgan fingerprint density at radius 2 is 1.67 bits per heavy atom. The van der Waals surface area contributed by atoms with Crippen molar-refractivity contribution < 1.29 is 4.74 Å². The number of nitrogens with zero attached hydrogens (tertiary/aromatic N) is 1. The standard InChI is InChI=1S/C25H27NO/c1-5-20(4)27-25-22(17-26-24-14-10-9-11-19(24)3)15-18(2)16-23(25)21-12-7-6-8-13-21/h6-17,20H,5H2,1-4H3. The van der Waals surface area contributed by atoms with Crippen LogP contribution >= 0.6 is 0 Å². The second-order valence-electron chi connectivity index (χ2n) is 6.98. The van der Waals surface area contributed by atoms with Crippen LogP contribution in [0.25, 0.3) is 11.1 Å². The molecule has 0 saturated heterocycles. The number of rotatable bonds is 6. The molecule has 0 N–H and O–H groups in total. The summed E-state index contributed by atoms with van der Waals surface area (Å²) in [5.74, 6) is 0.901. The highest BCUT2D eigenvalue weighted by Gasteiger charge is 2.14. The fraction of sp³-hybridized carbons (Fsp3) is 0.240. The Kier molecular flexibility index (Phi) is 6.08. The molecular weight excluding hydrogens is 330 g/mol. The van der Waals surface area contributed by atoms with Crippen molar-refractivity contribution in [3.05, 3.63) is 83.4 Å². The number of aliphatic imine (C=N–C) groups is 1. The zero-order valence-electron chi connectivity index (χ0n) is 16.6. The molecule has 3 aromatic rings. The van der Waals surface area contributed by atoms with E-state index >= 15 is 0 Å². The number of ether oxygens (including phenoxy) is 1. The van der Waals surface area contributed by atoms with Gasteiger partial charge in [0.25, 0.3) is 0 Å². The lowest BCUT2D eigenvalue weighted by Gasteiger charge is -2.19. The van der Waals surface area contributed by atoms with Gasteiger partial charge in [0.15, 0.2) is 0 Å². The summed E-state index contributed by atoms with van der Waals surface area (Å²) in [6.45, 7) is 8.44. The van der Waals surface area contributed by atoms with Crippen LogP contribution in [0.4, 0.5) is 5.69 Å². The van der Waals surface area contributed by atoms with E-state index in [9.17, 15) is 0 Å². The van der Waals surface area contributed by atoms with Crippen molar-refractivity contribution >= 4 is 11.9 Å². The summed E-state index contributed by atoms with van der Waals surface area (Å²) in [7, 11) is 0. The third kappa shape index (κ3) is 4.65. The zero-order valence-corrected chi connectivity index (χ0v) is 16.6. The smallest absolute Gasteiger partial charge is 0.136 e. The molecule has 138 valence electrons. The normalized spacial score (nSPS) is 12.3. The van der Waals surface area contributed by atoms with Crippen molar-refractivity contribution in [1.29, 1.82) is 0 Å². The van der Waals surface area contributed by atoms with E-state index in [1.165, 1.54) is 5.56 Å². The molecule has 1 unspecified atom stereocenters. The molecule has 27 heavy (non-hydrogen) atoms. The maximum Gasteiger partial charge on any atom is 0.136 e. The van der Waals surface area contributed by atoms with Crippen molar-refractivity contribution in [3.63, 3.8) is 0 Å². The summed E-state index contributed by atoms with van der Waals surface area (Å²) < 4.78 is 6.36. The molecule has 0 saturated carbocycles. The highest BCUT2D eigenvalue weighted by molar-refractivity contribution is 5.91. The first-order valence-corrected chi connectivity index (χ1v) is 9.55. The maximum atomic E-state index is 6.36. The first-order valence-electron chi connectivity index (χ1n) is 9.55. The fourth-order valence-corrected chi connectivity index (χ4v) is 2.99. The lowest BCUT2D eigenvalue weighted by molar-refractivity contribution is 0.218. The van der Waals surface area contributed by atoms with Crippen LogP contribution in [-0.2, 0) is 0 Å². The van der Waals surface area contributed by atoms with Gasteiger partial charge in [-0.1, -0.05) is 55.5 Å². The van der Waals surface area contributed by atoms with Crippen LogP contribution in [0.15, 0.2) is 71.7 Å². The van der Waals surface area contributed by atoms with Gasteiger partial charge in [-0.15, -0.1) is 0 Å². The van der Waals surface area contributed by atoms with Crippen LogP contribution in [0.2, 0.25) is 0 Å². The number of para-hydroxylation sites is 1. The Balaban J connectivity index is 2.11. The van der Waals surface area contributed by atoms with Crippen LogP contribution in [0.3, 0.4) is 0 Å². The minimum Gasteiger partial charge on any atom is -0.489 e. The van der Waals surface area contributed by atoms with Gasteiger partial charge in [-0.2, -0.15) is 0 Å². The van der Waals surface area contributed by atoms with Crippen molar-refractivity contribution in [2.24, 2.45) is 4.99 Å². The van der Waals surface area contributed by atoms with Crippen LogP contribution in [0.5, 0.6) is 5.75 Å².